The Hall–Kier alpha value is -2.89. The quantitative estimate of drug-likeness (QED) is 0.468. The summed E-state index contributed by atoms with van der Waals surface area (Å²) >= 11 is 0. The van der Waals surface area contributed by atoms with Crippen LogP contribution in [-0.2, 0) is 24.1 Å². The molecule has 32 heavy (non-hydrogen) atoms. The monoisotopic (exact) mass is 438 g/mol. The van der Waals surface area contributed by atoms with Crippen LogP contribution in [0.3, 0.4) is 0 Å². The molecule has 0 bridgehead atoms. The highest BCUT2D eigenvalue weighted by Crippen LogP contribution is 2.20. The standard InChI is InChI=1S/C26H34N2O4/c1-32-22-13-9-11-20(18-22)25(29)28-24(26(30)31)15-6-4-2-3-5-12-21-17-16-19-10-7-8-14-23(19)27-21/h9,11,13,16-18,24H,2-8,10,12,14-15H2,1H3,(H,28,29)(H,30,31). The van der Waals surface area contributed by atoms with E-state index < -0.39 is 17.9 Å². The lowest BCUT2D eigenvalue weighted by molar-refractivity contribution is -0.139. The Balaban J connectivity index is 1.34. The Bertz CT molecular complexity index is 912. The van der Waals surface area contributed by atoms with Crippen molar-refractivity contribution in [2.75, 3.05) is 7.11 Å². The number of hydrogen-bond acceptors (Lipinski definition) is 4. The molecule has 1 heterocycles. The van der Waals surface area contributed by atoms with Gasteiger partial charge >= 0.3 is 5.97 Å². The molecule has 1 amide bonds. The summed E-state index contributed by atoms with van der Waals surface area (Å²) in [7, 11) is 1.53. The number of aromatic nitrogens is 1. The van der Waals surface area contributed by atoms with Gasteiger partial charge in [-0.25, -0.2) is 4.79 Å². The average molecular weight is 439 g/mol. The number of carboxylic acid groups (broad SMARTS) is 1. The molecule has 1 unspecified atom stereocenters. The molecule has 6 heteroatoms. The van der Waals surface area contributed by atoms with E-state index >= 15 is 0 Å². The number of benzene rings is 1. The third-order valence-electron chi connectivity index (χ3n) is 6.10. The van der Waals surface area contributed by atoms with Gasteiger partial charge in [0.2, 0.25) is 0 Å². The zero-order chi connectivity index (χ0) is 22.8. The number of fused-ring (bicyclic) bond motifs is 1. The first kappa shape index (κ1) is 23.8. The third kappa shape index (κ3) is 7.08. The van der Waals surface area contributed by atoms with Crippen molar-refractivity contribution in [3.05, 3.63) is 58.9 Å². The second kappa shape index (κ2) is 12.2. The molecule has 1 aromatic carbocycles. The van der Waals surface area contributed by atoms with E-state index in [-0.39, 0.29) is 0 Å². The van der Waals surface area contributed by atoms with Crippen molar-refractivity contribution in [2.24, 2.45) is 0 Å². The largest absolute Gasteiger partial charge is 0.497 e. The van der Waals surface area contributed by atoms with Gasteiger partial charge in [0.25, 0.3) is 5.91 Å². The Labute approximate surface area is 190 Å². The van der Waals surface area contributed by atoms with Crippen molar-refractivity contribution < 1.29 is 19.4 Å². The topological polar surface area (TPSA) is 88.5 Å². The van der Waals surface area contributed by atoms with Crippen LogP contribution in [-0.4, -0.2) is 35.1 Å². The maximum Gasteiger partial charge on any atom is 0.326 e. The second-order valence-electron chi connectivity index (χ2n) is 8.52. The molecule has 1 aromatic heterocycles. The predicted octanol–water partition coefficient (Wildman–Crippen LogP) is 4.74. The minimum atomic E-state index is -1.00. The number of pyridine rings is 1. The molecule has 1 aliphatic rings. The van der Waals surface area contributed by atoms with Crippen LogP contribution in [0.15, 0.2) is 36.4 Å². The van der Waals surface area contributed by atoms with E-state index in [1.807, 2.05) is 0 Å². The fourth-order valence-corrected chi connectivity index (χ4v) is 4.21. The van der Waals surface area contributed by atoms with Crippen LogP contribution in [0.25, 0.3) is 0 Å². The van der Waals surface area contributed by atoms with Gasteiger partial charge in [-0.2, -0.15) is 0 Å². The minimum absolute atomic E-state index is 0.395. The lowest BCUT2D eigenvalue weighted by Gasteiger charge is -2.15. The van der Waals surface area contributed by atoms with Crippen LogP contribution in [0, 0.1) is 0 Å². The molecule has 0 spiro atoms. The summed E-state index contributed by atoms with van der Waals surface area (Å²) in [5.41, 5.74) is 4.30. The molecule has 0 radical (unpaired) electrons. The van der Waals surface area contributed by atoms with Gasteiger partial charge < -0.3 is 15.2 Å². The molecule has 6 nitrogen and oxygen atoms in total. The van der Waals surface area contributed by atoms with Gasteiger partial charge in [0, 0.05) is 17.0 Å². The zero-order valence-electron chi connectivity index (χ0n) is 18.9. The van der Waals surface area contributed by atoms with Crippen LogP contribution in [0.4, 0.5) is 0 Å². The molecule has 0 aliphatic heterocycles. The van der Waals surface area contributed by atoms with Crippen LogP contribution in [0.2, 0.25) is 0 Å². The van der Waals surface area contributed by atoms with E-state index in [9.17, 15) is 14.7 Å². The summed E-state index contributed by atoms with van der Waals surface area (Å²) in [5, 5.41) is 12.1. The van der Waals surface area contributed by atoms with Crippen molar-refractivity contribution in [2.45, 2.75) is 76.7 Å². The summed E-state index contributed by atoms with van der Waals surface area (Å²) < 4.78 is 5.12. The number of ether oxygens (including phenoxy) is 1. The molecule has 1 atom stereocenters. The Morgan fingerprint density at radius 3 is 2.66 bits per heavy atom. The Kier molecular flexibility index (Phi) is 9.08. The normalized spacial score (nSPS) is 13.8. The molecule has 0 fully saturated rings. The molecular weight excluding hydrogens is 404 g/mol. The highest BCUT2D eigenvalue weighted by Gasteiger charge is 2.20. The van der Waals surface area contributed by atoms with Gasteiger partial charge in [0.1, 0.15) is 11.8 Å². The van der Waals surface area contributed by atoms with Crippen LogP contribution >= 0.6 is 0 Å². The summed E-state index contributed by atoms with van der Waals surface area (Å²) in [6.45, 7) is 0. The zero-order valence-corrected chi connectivity index (χ0v) is 18.9. The number of carboxylic acids is 1. The van der Waals surface area contributed by atoms with Crippen LogP contribution in [0.1, 0.15) is 78.7 Å². The summed E-state index contributed by atoms with van der Waals surface area (Å²) in [6, 6.07) is 10.2. The van der Waals surface area contributed by atoms with Gasteiger partial charge in [-0.05, 0) is 74.8 Å². The number of amides is 1. The van der Waals surface area contributed by atoms with E-state index in [0.717, 1.165) is 44.9 Å². The van der Waals surface area contributed by atoms with Gasteiger partial charge in [-0.1, -0.05) is 37.8 Å². The highest BCUT2D eigenvalue weighted by molar-refractivity contribution is 5.96. The number of methoxy groups -OCH3 is 1. The van der Waals surface area contributed by atoms with Gasteiger partial charge in [0.05, 0.1) is 7.11 Å². The number of nitrogens with one attached hydrogen (secondary N) is 1. The Morgan fingerprint density at radius 2 is 1.84 bits per heavy atom. The van der Waals surface area contributed by atoms with Crippen LogP contribution < -0.4 is 10.1 Å². The summed E-state index contributed by atoms with van der Waals surface area (Å²) in [6.07, 6.45) is 11.2. The van der Waals surface area contributed by atoms with Crippen molar-refractivity contribution in [3.63, 3.8) is 0 Å². The minimum Gasteiger partial charge on any atom is -0.497 e. The maximum atomic E-state index is 12.4. The Morgan fingerprint density at radius 1 is 1.06 bits per heavy atom. The number of carbonyl (C=O) groups is 2. The van der Waals surface area contributed by atoms with Gasteiger partial charge in [-0.3, -0.25) is 9.78 Å². The smallest absolute Gasteiger partial charge is 0.326 e. The molecular formula is C26H34N2O4. The number of aliphatic carboxylic acids is 1. The lowest BCUT2D eigenvalue weighted by Crippen LogP contribution is -2.40. The van der Waals surface area contributed by atoms with E-state index in [1.165, 1.54) is 43.3 Å². The van der Waals surface area contributed by atoms with Crippen molar-refractivity contribution in [1.82, 2.24) is 10.3 Å². The molecule has 0 saturated carbocycles. The van der Waals surface area contributed by atoms with E-state index in [0.29, 0.717) is 17.7 Å². The number of nitrogens with zero attached hydrogens (tertiary/aromatic N) is 1. The number of unbranched alkanes of at least 4 members (excludes halogenated alkanes) is 4. The first-order valence-corrected chi connectivity index (χ1v) is 11.7. The predicted molar refractivity (Wildman–Crippen MR) is 124 cm³/mol. The van der Waals surface area contributed by atoms with Gasteiger partial charge in [0.15, 0.2) is 0 Å². The fraction of sp³-hybridized carbons (Fsp3) is 0.500. The fourth-order valence-electron chi connectivity index (χ4n) is 4.21. The SMILES string of the molecule is COc1cccc(C(=O)NC(CCCCCCCc2ccc3c(n2)CCCC3)C(=O)O)c1. The number of aryl methyl sites for hydroxylation is 3. The van der Waals surface area contributed by atoms with Crippen molar-refractivity contribution in [3.8, 4) is 5.75 Å². The molecule has 1 aliphatic carbocycles. The van der Waals surface area contributed by atoms with E-state index in [4.69, 9.17) is 9.72 Å². The first-order valence-electron chi connectivity index (χ1n) is 11.7. The number of rotatable bonds is 12. The van der Waals surface area contributed by atoms with Crippen molar-refractivity contribution >= 4 is 11.9 Å². The van der Waals surface area contributed by atoms with E-state index in [1.54, 1.807) is 24.3 Å². The molecule has 0 saturated heterocycles. The van der Waals surface area contributed by atoms with Gasteiger partial charge in [-0.15, -0.1) is 0 Å². The number of hydrogen-bond donors (Lipinski definition) is 2. The molecule has 172 valence electrons. The van der Waals surface area contributed by atoms with Crippen LogP contribution in [0.5, 0.6) is 5.75 Å². The maximum absolute atomic E-state index is 12.4. The van der Waals surface area contributed by atoms with Crippen molar-refractivity contribution in [1.29, 1.82) is 0 Å². The number of carbonyl (C=O) groups excluding carboxylic acids is 1. The molecule has 2 N–H and O–H groups in total. The first-order chi connectivity index (χ1) is 15.6. The highest BCUT2D eigenvalue weighted by atomic mass is 16.5. The van der Waals surface area contributed by atoms with E-state index in [2.05, 4.69) is 17.4 Å². The molecule has 2 aromatic rings. The summed E-state index contributed by atoms with van der Waals surface area (Å²) in [5.74, 6) is -0.830. The average Bonchev–Trinajstić information content (AvgIpc) is 2.82. The lowest BCUT2D eigenvalue weighted by atomic mass is 9.95. The second-order valence-corrected chi connectivity index (χ2v) is 8.52. The third-order valence-corrected chi connectivity index (χ3v) is 6.10. The summed E-state index contributed by atoms with van der Waals surface area (Å²) in [4.78, 5) is 28.8. The molecule has 3 rings (SSSR count).